The molecule has 1 heterocycles. The molecule has 0 saturated carbocycles. The van der Waals surface area contributed by atoms with Crippen LogP contribution in [0.3, 0.4) is 0 Å². The van der Waals surface area contributed by atoms with E-state index in [4.69, 9.17) is 14.9 Å². The van der Waals surface area contributed by atoms with Crippen LogP contribution in [-0.4, -0.2) is 49.9 Å². The third kappa shape index (κ3) is 5.00. The molecule has 0 spiro atoms. The highest BCUT2D eigenvalue weighted by Crippen LogP contribution is 2.28. The highest BCUT2D eigenvalue weighted by molar-refractivity contribution is 6.00. The summed E-state index contributed by atoms with van der Waals surface area (Å²) in [6.07, 6.45) is 1.79. The number of fused-ring (bicyclic) bond motifs is 1. The van der Waals surface area contributed by atoms with E-state index in [1.165, 1.54) is 7.11 Å². The average Bonchev–Trinajstić information content (AvgIpc) is 3.21. The Labute approximate surface area is 189 Å². The van der Waals surface area contributed by atoms with Crippen molar-refractivity contribution in [2.45, 2.75) is 31.8 Å². The van der Waals surface area contributed by atoms with Crippen LogP contribution in [-0.2, 0) is 16.0 Å². The lowest BCUT2D eigenvalue weighted by Gasteiger charge is -2.18. The number of ether oxygens (including phenoxy) is 2. The maximum absolute atomic E-state index is 12.6. The number of rotatable bonds is 7. The molecular weight excluding hydrogens is 400 g/mol. The van der Waals surface area contributed by atoms with Gasteiger partial charge in [0.05, 0.1) is 13.0 Å². The smallest absolute Gasteiger partial charge is 0.313 e. The van der Waals surface area contributed by atoms with Gasteiger partial charge in [-0.3, -0.25) is 4.79 Å². The van der Waals surface area contributed by atoms with Gasteiger partial charge < -0.3 is 19.8 Å². The minimum atomic E-state index is -0.392. The lowest BCUT2D eigenvalue weighted by atomic mass is 9.90. The number of nitrogens with one attached hydrogen (secondary N) is 1. The first-order valence-electron chi connectivity index (χ1n) is 11.0. The molecule has 1 fully saturated rings. The number of methoxy groups -OCH3 is 1. The number of likely N-dealkylation sites (tertiary alicyclic amines) is 1. The van der Waals surface area contributed by atoms with Crippen molar-refractivity contribution in [1.29, 1.82) is 5.41 Å². The zero-order valence-electron chi connectivity index (χ0n) is 18.9. The van der Waals surface area contributed by atoms with E-state index >= 15 is 0 Å². The normalized spacial score (nSPS) is 17.3. The van der Waals surface area contributed by atoms with E-state index in [1.54, 1.807) is 6.92 Å². The van der Waals surface area contributed by atoms with Crippen LogP contribution >= 0.6 is 0 Å². The quantitative estimate of drug-likeness (QED) is 0.432. The second kappa shape index (κ2) is 9.53. The van der Waals surface area contributed by atoms with Crippen molar-refractivity contribution >= 4 is 22.5 Å². The van der Waals surface area contributed by atoms with E-state index in [0.717, 1.165) is 52.7 Å². The van der Waals surface area contributed by atoms with Crippen LogP contribution < -0.4 is 4.74 Å². The summed E-state index contributed by atoms with van der Waals surface area (Å²) in [4.78, 5) is 14.9. The van der Waals surface area contributed by atoms with Gasteiger partial charge in [-0.05, 0) is 72.5 Å². The number of carbonyl (C=O) groups excluding carboxylic acids is 1. The van der Waals surface area contributed by atoms with Gasteiger partial charge in [-0.2, -0.15) is 0 Å². The standard InChI is InChI=1S/C27H30N2O3/c1-18(28)22-7-6-20-5-4-19(14-23(20)16-22)15-26(27(30)31-3)21-8-10-24(11-9-21)32-25-12-13-29(2)17-25/h4-11,14,16,25-26,28H,12-13,15,17H2,1-3H3. The van der Waals surface area contributed by atoms with Crippen molar-refractivity contribution in [3.8, 4) is 5.75 Å². The van der Waals surface area contributed by atoms with Crippen LogP contribution in [0.1, 0.15) is 36.0 Å². The van der Waals surface area contributed by atoms with E-state index in [0.29, 0.717) is 12.1 Å². The molecule has 166 valence electrons. The number of hydrogen-bond acceptors (Lipinski definition) is 5. The highest BCUT2D eigenvalue weighted by Gasteiger charge is 2.24. The minimum absolute atomic E-state index is 0.217. The molecule has 32 heavy (non-hydrogen) atoms. The fourth-order valence-electron chi connectivity index (χ4n) is 4.33. The SMILES string of the molecule is COC(=O)C(Cc1ccc2ccc(C(C)=N)cc2c1)c1ccc(OC2CCN(C)C2)cc1. The third-order valence-corrected chi connectivity index (χ3v) is 6.20. The van der Waals surface area contributed by atoms with Crippen LogP contribution in [0.5, 0.6) is 5.75 Å². The van der Waals surface area contributed by atoms with E-state index in [-0.39, 0.29) is 12.1 Å². The number of nitrogens with zero attached hydrogens (tertiary/aromatic N) is 1. The molecule has 2 atom stereocenters. The Morgan fingerprint density at radius 3 is 2.50 bits per heavy atom. The number of carbonyl (C=O) groups is 1. The third-order valence-electron chi connectivity index (χ3n) is 6.20. The number of likely N-dealkylation sites (N-methyl/N-ethyl adjacent to an activating group) is 1. The van der Waals surface area contributed by atoms with Crippen molar-refractivity contribution < 1.29 is 14.3 Å². The second-order valence-electron chi connectivity index (χ2n) is 8.66. The fourth-order valence-corrected chi connectivity index (χ4v) is 4.33. The van der Waals surface area contributed by atoms with Gasteiger partial charge in [0.1, 0.15) is 11.9 Å². The molecule has 1 aliphatic heterocycles. The summed E-state index contributed by atoms with van der Waals surface area (Å²) in [5, 5.41) is 10.1. The van der Waals surface area contributed by atoms with Gasteiger partial charge >= 0.3 is 5.97 Å². The second-order valence-corrected chi connectivity index (χ2v) is 8.66. The summed E-state index contributed by atoms with van der Waals surface area (Å²) < 4.78 is 11.2. The van der Waals surface area contributed by atoms with Gasteiger partial charge in [0.2, 0.25) is 0 Å². The Bertz CT molecular complexity index is 1120. The fraction of sp³-hybridized carbons (Fsp3) is 0.333. The zero-order valence-corrected chi connectivity index (χ0v) is 18.9. The number of hydrogen-bond donors (Lipinski definition) is 1. The summed E-state index contributed by atoms with van der Waals surface area (Å²) in [6.45, 7) is 3.78. The van der Waals surface area contributed by atoms with Gasteiger partial charge in [-0.25, -0.2) is 0 Å². The largest absolute Gasteiger partial charge is 0.489 e. The molecule has 1 saturated heterocycles. The zero-order chi connectivity index (χ0) is 22.7. The van der Waals surface area contributed by atoms with E-state index < -0.39 is 5.92 Å². The molecule has 2 unspecified atom stereocenters. The Morgan fingerprint density at radius 2 is 1.84 bits per heavy atom. The van der Waals surface area contributed by atoms with Crippen LogP contribution in [0.25, 0.3) is 10.8 Å². The number of benzene rings is 3. The van der Waals surface area contributed by atoms with Crippen molar-refractivity contribution in [2.75, 3.05) is 27.2 Å². The molecule has 1 aliphatic rings. The molecule has 4 rings (SSSR count). The number of esters is 1. The van der Waals surface area contributed by atoms with E-state index in [2.05, 4.69) is 30.1 Å². The highest BCUT2D eigenvalue weighted by atomic mass is 16.5. The lowest BCUT2D eigenvalue weighted by Crippen LogP contribution is -2.21. The summed E-state index contributed by atoms with van der Waals surface area (Å²) >= 11 is 0. The molecular formula is C27H30N2O3. The van der Waals surface area contributed by atoms with Gasteiger partial charge in [0.15, 0.2) is 0 Å². The Balaban J connectivity index is 1.54. The van der Waals surface area contributed by atoms with Crippen molar-refractivity contribution in [3.05, 3.63) is 77.4 Å². The topological polar surface area (TPSA) is 62.6 Å². The predicted molar refractivity (Wildman–Crippen MR) is 128 cm³/mol. The molecule has 5 nitrogen and oxygen atoms in total. The summed E-state index contributed by atoms with van der Waals surface area (Å²) in [5.41, 5.74) is 3.42. The van der Waals surface area contributed by atoms with Crippen molar-refractivity contribution in [3.63, 3.8) is 0 Å². The van der Waals surface area contributed by atoms with Crippen LogP contribution in [0.4, 0.5) is 0 Å². The average molecular weight is 431 g/mol. The summed E-state index contributed by atoms with van der Waals surface area (Å²) in [5.74, 6) is 0.190. The molecule has 3 aromatic rings. The Morgan fingerprint density at radius 1 is 1.09 bits per heavy atom. The summed E-state index contributed by atoms with van der Waals surface area (Å²) in [6, 6.07) is 20.1. The minimum Gasteiger partial charge on any atom is -0.489 e. The molecule has 0 aliphatic carbocycles. The van der Waals surface area contributed by atoms with Crippen molar-refractivity contribution in [1.82, 2.24) is 4.90 Å². The lowest BCUT2D eigenvalue weighted by molar-refractivity contribution is -0.142. The van der Waals surface area contributed by atoms with Crippen LogP contribution in [0, 0.1) is 5.41 Å². The predicted octanol–water partition coefficient (Wildman–Crippen LogP) is 4.81. The van der Waals surface area contributed by atoms with Crippen molar-refractivity contribution in [2.24, 2.45) is 0 Å². The van der Waals surface area contributed by atoms with Gasteiger partial charge in [-0.15, -0.1) is 0 Å². The van der Waals surface area contributed by atoms with Gasteiger partial charge in [-0.1, -0.05) is 42.5 Å². The maximum Gasteiger partial charge on any atom is 0.313 e. The van der Waals surface area contributed by atoms with Crippen LogP contribution in [0.2, 0.25) is 0 Å². The Kier molecular flexibility index (Phi) is 6.56. The monoisotopic (exact) mass is 430 g/mol. The van der Waals surface area contributed by atoms with E-state index in [1.807, 2.05) is 42.5 Å². The van der Waals surface area contributed by atoms with Crippen LogP contribution in [0.15, 0.2) is 60.7 Å². The Hall–Kier alpha value is -3.18. The van der Waals surface area contributed by atoms with Gasteiger partial charge in [0.25, 0.3) is 0 Å². The van der Waals surface area contributed by atoms with E-state index in [9.17, 15) is 4.79 Å². The summed E-state index contributed by atoms with van der Waals surface area (Å²) in [7, 11) is 3.54. The molecule has 0 amide bonds. The molecule has 0 aromatic heterocycles. The molecule has 0 radical (unpaired) electrons. The van der Waals surface area contributed by atoms with Gasteiger partial charge in [0, 0.05) is 18.8 Å². The molecule has 1 N–H and O–H groups in total. The molecule has 5 heteroatoms. The first-order chi connectivity index (χ1) is 15.4. The first kappa shape index (κ1) is 22.0. The first-order valence-corrected chi connectivity index (χ1v) is 11.0. The maximum atomic E-state index is 12.6. The molecule has 3 aromatic carbocycles. The molecule has 0 bridgehead atoms.